The van der Waals surface area contributed by atoms with Crippen LogP contribution in [0, 0.1) is 0 Å². The second-order valence-electron chi connectivity index (χ2n) is 6.81. The Morgan fingerprint density at radius 3 is 2.35 bits per heavy atom. The molecule has 1 amide bonds. The van der Waals surface area contributed by atoms with Crippen LogP contribution >= 0.6 is 11.8 Å². The van der Waals surface area contributed by atoms with Crippen molar-refractivity contribution in [1.29, 1.82) is 0 Å². The van der Waals surface area contributed by atoms with E-state index in [1.807, 2.05) is 72.8 Å². The van der Waals surface area contributed by atoms with Crippen LogP contribution in [0.5, 0.6) is 17.2 Å². The summed E-state index contributed by atoms with van der Waals surface area (Å²) in [5.41, 5.74) is 2.05. The van der Waals surface area contributed by atoms with Crippen LogP contribution in [-0.2, 0) is 17.9 Å². The first-order chi connectivity index (χ1) is 15.2. The van der Waals surface area contributed by atoms with Gasteiger partial charge in [-0.2, -0.15) is 0 Å². The molecule has 5 nitrogen and oxygen atoms in total. The molecule has 3 aromatic rings. The molecule has 3 rings (SSSR count). The van der Waals surface area contributed by atoms with Crippen molar-refractivity contribution < 1.29 is 19.0 Å². The Morgan fingerprint density at radius 2 is 1.65 bits per heavy atom. The summed E-state index contributed by atoms with van der Waals surface area (Å²) in [6.07, 6.45) is 0.450. The number of methoxy groups -OCH3 is 2. The Balaban J connectivity index is 1.44. The summed E-state index contributed by atoms with van der Waals surface area (Å²) >= 11 is 1.65. The Kier molecular flexibility index (Phi) is 8.67. The number of nitrogens with one attached hydrogen (secondary N) is 1. The summed E-state index contributed by atoms with van der Waals surface area (Å²) in [5, 5.41) is 2.96. The third-order valence-corrected chi connectivity index (χ3v) is 5.63. The molecular weight excluding hydrogens is 410 g/mol. The molecule has 162 valence electrons. The maximum absolute atomic E-state index is 12.2. The van der Waals surface area contributed by atoms with E-state index in [1.165, 1.54) is 0 Å². The van der Waals surface area contributed by atoms with Gasteiger partial charge in [0.15, 0.2) is 11.5 Å². The molecule has 31 heavy (non-hydrogen) atoms. The topological polar surface area (TPSA) is 56.8 Å². The molecule has 0 radical (unpaired) electrons. The van der Waals surface area contributed by atoms with Gasteiger partial charge in [-0.3, -0.25) is 4.79 Å². The van der Waals surface area contributed by atoms with Gasteiger partial charge in [0, 0.05) is 23.6 Å². The summed E-state index contributed by atoms with van der Waals surface area (Å²) in [4.78, 5) is 13.3. The van der Waals surface area contributed by atoms with Crippen LogP contribution in [0.25, 0.3) is 0 Å². The van der Waals surface area contributed by atoms with Crippen LogP contribution in [-0.4, -0.2) is 25.9 Å². The van der Waals surface area contributed by atoms with Gasteiger partial charge in [0.1, 0.15) is 12.4 Å². The molecule has 0 aliphatic heterocycles. The number of hydrogen-bond acceptors (Lipinski definition) is 5. The average molecular weight is 438 g/mol. The molecule has 0 aliphatic carbocycles. The molecule has 0 aromatic heterocycles. The highest BCUT2D eigenvalue weighted by Gasteiger charge is 2.08. The van der Waals surface area contributed by atoms with E-state index in [-0.39, 0.29) is 5.91 Å². The van der Waals surface area contributed by atoms with E-state index >= 15 is 0 Å². The standard InChI is InChI=1S/C25H27NO4S/c1-28-21-9-11-22(12-10-21)31-15-14-25(27)26-17-20-8-13-23(24(16-20)29-2)30-18-19-6-4-3-5-7-19/h3-13,16H,14-15,17-18H2,1-2H3,(H,26,27). The minimum atomic E-state index is 0.0179. The molecule has 0 heterocycles. The first-order valence-corrected chi connectivity index (χ1v) is 11.0. The van der Waals surface area contributed by atoms with E-state index in [1.54, 1.807) is 26.0 Å². The van der Waals surface area contributed by atoms with Crippen molar-refractivity contribution in [2.75, 3.05) is 20.0 Å². The molecule has 0 saturated heterocycles. The van der Waals surface area contributed by atoms with Crippen molar-refractivity contribution >= 4 is 17.7 Å². The summed E-state index contributed by atoms with van der Waals surface area (Å²) in [7, 11) is 3.26. The molecule has 0 atom stereocenters. The molecule has 0 spiro atoms. The maximum Gasteiger partial charge on any atom is 0.221 e. The average Bonchev–Trinajstić information content (AvgIpc) is 2.82. The number of thioether (sulfide) groups is 1. The largest absolute Gasteiger partial charge is 0.497 e. The predicted octanol–water partition coefficient (Wildman–Crippen LogP) is 5.08. The van der Waals surface area contributed by atoms with Crippen molar-refractivity contribution in [1.82, 2.24) is 5.32 Å². The monoisotopic (exact) mass is 437 g/mol. The highest BCUT2D eigenvalue weighted by atomic mass is 32.2. The van der Waals surface area contributed by atoms with Gasteiger partial charge in [0.25, 0.3) is 0 Å². The van der Waals surface area contributed by atoms with Crippen molar-refractivity contribution in [3.8, 4) is 17.2 Å². The third kappa shape index (κ3) is 7.26. The zero-order valence-electron chi connectivity index (χ0n) is 17.8. The van der Waals surface area contributed by atoms with E-state index in [9.17, 15) is 4.79 Å². The smallest absolute Gasteiger partial charge is 0.221 e. The lowest BCUT2D eigenvalue weighted by molar-refractivity contribution is -0.120. The van der Waals surface area contributed by atoms with Gasteiger partial charge in [0.05, 0.1) is 14.2 Å². The van der Waals surface area contributed by atoms with Gasteiger partial charge in [-0.25, -0.2) is 0 Å². The maximum atomic E-state index is 12.2. The van der Waals surface area contributed by atoms with E-state index in [0.29, 0.717) is 36.8 Å². The van der Waals surface area contributed by atoms with Gasteiger partial charge >= 0.3 is 0 Å². The van der Waals surface area contributed by atoms with Crippen molar-refractivity contribution in [3.63, 3.8) is 0 Å². The van der Waals surface area contributed by atoms with Gasteiger partial charge in [0.2, 0.25) is 5.91 Å². The van der Waals surface area contributed by atoms with E-state index in [2.05, 4.69) is 5.32 Å². The normalized spacial score (nSPS) is 10.4. The lowest BCUT2D eigenvalue weighted by Gasteiger charge is -2.13. The van der Waals surface area contributed by atoms with Gasteiger partial charge in [-0.05, 0) is 47.5 Å². The third-order valence-electron chi connectivity index (χ3n) is 4.61. The highest BCUT2D eigenvalue weighted by molar-refractivity contribution is 7.99. The molecule has 0 aliphatic rings. The fourth-order valence-electron chi connectivity index (χ4n) is 2.90. The highest BCUT2D eigenvalue weighted by Crippen LogP contribution is 2.29. The van der Waals surface area contributed by atoms with E-state index in [0.717, 1.165) is 21.8 Å². The molecule has 0 fully saturated rings. The summed E-state index contributed by atoms with van der Waals surface area (Å²) in [6, 6.07) is 23.5. The van der Waals surface area contributed by atoms with E-state index < -0.39 is 0 Å². The molecule has 0 saturated carbocycles. The molecular formula is C25H27NO4S. The number of carbonyl (C=O) groups is 1. The Morgan fingerprint density at radius 1 is 0.871 bits per heavy atom. The second-order valence-corrected chi connectivity index (χ2v) is 7.98. The number of rotatable bonds is 11. The van der Waals surface area contributed by atoms with Crippen LogP contribution in [0.2, 0.25) is 0 Å². The van der Waals surface area contributed by atoms with Crippen LogP contribution in [0.15, 0.2) is 77.7 Å². The first kappa shape index (κ1) is 22.6. The Labute approximate surface area is 187 Å². The van der Waals surface area contributed by atoms with Crippen molar-refractivity contribution in [2.45, 2.75) is 24.5 Å². The van der Waals surface area contributed by atoms with Crippen LogP contribution < -0.4 is 19.5 Å². The van der Waals surface area contributed by atoms with Gasteiger partial charge < -0.3 is 19.5 Å². The Hall–Kier alpha value is -3.12. The number of carbonyl (C=O) groups excluding carboxylic acids is 1. The summed E-state index contributed by atoms with van der Waals surface area (Å²) in [6.45, 7) is 0.917. The fraction of sp³-hybridized carbons (Fsp3) is 0.240. The molecule has 6 heteroatoms. The lowest BCUT2D eigenvalue weighted by Crippen LogP contribution is -2.23. The molecule has 1 N–H and O–H groups in total. The molecule has 3 aromatic carbocycles. The number of ether oxygens (including phenoxy) is 3. The van der Waals surface area contributed by atoms with Crippen LogP contribution in [0.4, 0.5) is 0 Å². The predicted molar refractivity (Wildman–Crippen MR) is 124 cm³/mol. The lowest BCUT2D eigenvalue weighted by atomic mass is 10.2. The minimum absolute atomic E-state index is 0.0179. The summed E-state index contributed by atoms with van der Waals surface area (Å²) < 4.78 is 16.5. The quantitative estimate of drug-likeness (QED) is 0.424. The van der Waals surface area contributed by atoms with E-state index in [4.69, 9.17) is 14.2 Å². The fourth-order valence-corrected chi connectivity index (χ4v) is 3.75. The first-order valence-electron chi connectivity index (χ1n) is 10.0. The summed E-state index contributed by atoms with van der Waals surface area (Å²) in [5.74, 6) is 2.89. The van der Waals surface area contributed by atoms with Gasteiger partial charge in [-0.15, -0.1) is 11.8 Å². The Bertz CT molecular complexity index is 961. The van der Waals surface area contributed by atoms with Crippen LogP contribution in [0.1, 0.15) is 17.5 Å². The second kappa shape index (κ2) is 11.9. The van der Waals surface area contributed by atoms with Crippen molar-refractivity contribution in [3.05, 3.63) is 83.9 Å². The molecule has 0 bridgehead atoms. The SMILES string of the molecule is COc1ccc(SCCC(=O)NCc2ccc(OCc3ccccc3)c(OC)c2)cc1. The molecule has 0 unspecified atom stereocenters. The van der Waals surface area contributed by atoms with Crippen molar-refractivity contribution in [2.24, 2.45) is 0 Å². The minimum Gasteiger partial charge on any atom is -0.497 e. The zero-order valence-corrected chi connectivity index (χ0v) is 18.6. The zero-order chi connectivity index (χ0) is 21.9. The number of amides is 1. The number of benzene rings is 3. The number of hydrogen-bond donors (Lipinski definition) is 1. The van der Waals surface area contributed by atoms with Gasteiger partial charge in [-0.1, -0.05) is 36.4 Å². The van der Waals surface area contributed by atoms with Crippen LogP contribution in [0.3, 0.4) is 0 Å².